The number of halogens is 1. The van der Waals surface area contributed by atoms with E-state index in [1.807, 2.05) is 12.1 Å². The van der Waals surface area contributed by atoms with Crippen molar-refractivity contribution >= 4 is 22.0 Å². The molecule has 17 heavy (non-hydrogen) atoms. The lowest BCUT2D eigenvalue weighted by molar-refractivity contribution is 0.329. The summed E-state index contributed by atoms with van der Waals surface area (Å²) >= 11 is 3.37. The molecule has 0 aliphatic heterocycles. The van der Waals surface area contributed by atoms with E-state index in [1.165, 1.54) is 6.08 Å². The number of nitrogens with zero attached hydrogens (tertiary/aromatic N) is 1. The molecule has 0 atom stereocenters. The van der Waals surface area contributed by atoms with Crippen molar-refractivity contribution in [2.45, 2.75) is 0 Å². The third-order valence-electron chi connectivity index (χ3n) is 1.90. The van der Waals surface area contributed by atoms with Crippen molar-refractivity contribution in [3.63, 3.8) is 0 Å². The Morgan fingerprint density at radius 1 is 1.53 bits per heavy atom. The minimum atomic E-state index is 0.169. The lowest BCUT2D eigenvalue weighted by Gasteiger charge is -2.11. The van der Waals surface area contributed by atoms with E-state index in [0.29, 0.717) is 11.5 Å². The molecule has 0 saturated carbocycles. The van der Waals surface area contributed by atoms with Crippen LogP contribution in [0.5, 0.6) is 11.5 Å². The zero-order valence-corrected chi connectivity index (χ0v) is 10.8. The van der Waals surface area contributed by atoms with E-state index in [-0.39, 0.29) is 6.61 Å². The fraction of sp³-hybridized carbons (Fsp3) is 0.154. The van der Waals surface area contributed by atoms with Gasteiger partial charge >= 0.3 is 0 Å². The number of methoxy groups -OCH3 is 1. The highest BCUT2D eigenvalue weighted by molar-refractivity contribution is 9.10. The van der Waals surface area contributed by atoms with Gasteiger partial charge in [-0.25, -0.2) is 0 Å². The fourth-order valence-electron chi connectivity index (χ4n) is 1.22. The highest BCUT2D eigenvalue weighted by Gasteiger charge is 2.10. The highest BCUT2D eigenvalue weighted by Crippen LogP contribution is 2.36. The average Bonchev–Trinajstić information content (AvgIpc) is 2.34. The summed E-state index contributed by atoms with van der Waals surface area (Å²) in [6.07, 6.45) is 8.21. The molecule has 86 valence electrons. The first-order valence-electron chi connectivity index (χ1n) is 4.73. The molecule has 0 aromatic heterocycles. The van der Waals surface area contributed by atoms with Crippen LogP contribution in [0, 0.1) is 23.7 Å². The molecule has 1 aromatic carbocycles. The second-order valence-electron chi connectivity index (χ2n) is 2.99. The third-order valence-corrected chi connectivity index (χ3v) is 2.49. The number of terminal acetylenes is 1. The minimum Gasteiger partial charge on any atom is -0.493 e. The van der Waals surface area contributed by atoms with Crippen LogP contribution in [0.3, 0.4) is 0 Å². The molecular formula is C13H10BrNO2. The summed E-state index contributed by atoms with van der Waals surface area (Å²) in [5, 5.41) is 8.47. The molecule has 4 heteroatoms. The second kappa shape index (κ2) is 6.62. The third kappa shape index (κ3) is 3.55. The zero-order chi connectivity index (χ0) is 12.7. The predicted octanol–water partition coefficient (Wildman–Crippen LogP) is 3.01. The topological polar surface area (TPSA) is 42.2 Å². The number of allylic oxidation sites excluding steroid dienone is 1. The minimum absolute atomic E-state index is 0.169. The number of ether oxygens (including phenoxy) is 2. The second-order valence-corrected chi connectivity index (χ2v) is 3.84. The summed E-state index contributed by atoms with van der Waals surface area (Å²) < 4.78 is 11.3. The molecule has 0 heterocycles. The molecule has 0 aliphatic rings. The van der Waals surface area contributed by atoms with E-state index < -0.39 is 0 Å². The molecule has 0 aliphatic carbocycles. The van der Waals surface area contributed by atoms with Crippen molar-refractivity contribution in [1.82, 2.24) is 0 Å². The predicted molar refractivity (Wildman–Crippen MR) is 69.7 cm³/mol. The van der Waals surface area contributed by atoms with E-state index >= 15 is 0 Å². The molecule has 3 nitrogen and oxygen atoms in total. The van der Waals surface area contributed by atoms with Gasteiger partial charge in [-0.1, -0.05) is 5.92 Å². The Balaban J connectivity index is 3.13. The first-order chi connectivity index (χ1) is 8.22. The van der Waals surface area contributed by atoms with Gasteiger partial charge in [0.2, 0.25) is 0 Å². The maximum atomic E-state index is 8.47. The summed E-state index contributed by atoms with van der Waals surface area (Å²) in [6, 6.07) is 5.52. The van der Waals surface area contributed by atoms with Crippen molar-refractivity contribution in [2.75, 3.05) is 13.7 Å². The van der Waals surface area contributed by atoms with Crippen LogP contribution in [0.15, 0.2) is 22.7 Å². The summed E-state index contributed by atoms with van der Waals surface area (Å²) in [7, 11) is 1.54. The van der Waals surface area contributed by atoms with Crippen LogP contribution < -0.4 is 9.47 Å². The number of hydrogen-bond acceptors (Lipinski definition) is 3. The van der Waals surface area contributed by atoms with E-state index in [0.717, 1.165) is 10.0 Å². The number of nitriles is 1. The first kappa shape index (κ1) is 13.2. The van der Waals surface area contributed by atoms with Gasteiger partial charge in [0.1, 0.15) is 6.61 Å². The Morgan fingerprint density at radius 3 is 2.88 bits per heavy atom. The molecule has 0 bridgehead atoms. The molecule has 0 amide bonds. The monoisotopic (exact) mass is 291 g/mol. The van der Waals surface area contributed by atoms with Gasteiger partial charge in [0.25, 0.3) is 0 Å². The lowest BCUT2D eigenvalue weighted by Crippen LogP contribution is -1.98. The van der Waals surface area contributed by atoms with Gasteiger partial charge < -0.3 is 9.47 Å². The highest BCUT2D eigenvalue weighted by atomic mass is 79.9. The smallest absolute Gasteiger partial charge is 0.176 e. The van der Waals surface area contributed by atoms with Crippen molar-refractivity contribution in [3.05, 3.63) is 28.2 Å². The molecule has 0 N–H and O–H groups in total. The van der Waals surface area contributed by atoms with Crippen LogP contribution in [0.25, 0.3) is 6.08 Å². The van der Waals surface area contributed by atoms with Crippen LogP contribution in [-0.2, 0) is 0 Å². The number of benzene rings is 1. The standard InChI is InChI=1S/C13H10BrNO2/c1-3-7-17-13-11(14)8-10(5-4-6-15)9-12(13)16-2/h1,4-5,8-9H,7H2,2H3. The molecule has 1 rings (SSSR count). The number of hydrogen-bond donors (Lipinski definition) is 0. The van der Waals surface area contributed by atoms with Crippen LogP contribution in [0.2, 0.25) is 0 Å². The van der Waals surface area contributed by atoms with Gasteiger partial charge in [-0.3, -0.25) is 0 Å². The van der Waals surface area contributed by atoms with Crippen molar-refractivity contribution in [3.8, 4) is 29.9 Å². The van der Waals surface area contributed by atoms with Crippen LogP contribution in [0.1, 0.15) is 5.56 Å². The van der Waals surface area contributed by atoms with Gasteiger partial charge in [0.05, 0.1) is 17.7 Å². The van der Waals surface area contributed by atoms with Crippen molar-refractivity contribution < 1.29 is 9.47 Å². The Labute approximate surface area is 109 Å². The first-order valence-corrected chi connectivity index (χ1v) is 5.52. The van der Waals surface area contributed by atoms with E-state index in [9.17, 15) is 0 Å². The van der Waals surface area contributed by atoms with Crippen molar-refractivity contribution in [2.24, 2.45) is 0 Å². The van der Waals surface area contributed by atoms with Crippen LogP contribution >= 0.6 is 15.9 Å². The molecule has 0 spiro atoms. The summed E-state index contributed by atoms with van der Waals surface area (Å²) in [6.45, 7) is 0.169. The number of rotatable bonds is 4. The Hall–Kier alpha value is -1.91. The molecule has 0 unspecified atom stereocenters. The average molecular weight is 292 g/mol. The molecular weight excluding hydrogens is 282 g/mol. The Morgan fingerprint density at radius 2 is 2.29 bits per heavy atom. The zero-order valence-electron chi connectivity index (χ0n) is 9.24. The SMILES string of the molecule is C#CCOc1c(Br)cc(C=CC#N)cc1OC. The molecule has 0 saturated heterocycles. The van der Waals surface area contributed by atoms with Crippen LogP contribution in [0.4, 0.5) is 0 Å². The normalized spacial score (nSPS) is 9.65. The Bertz CT molecular complexity index is 509. The lowest BCUT2D eigenvalue weighted by atomic mass is 10.2. The molecule has 1 aromatic rings. The summed E-state index contributed by atoms with van der Waals surface area (Å²) in [5.74, 6) is 3.51. The fourth-order valence-corrected chi connectivity index (χ4v) is 1.80. The van der Waals surface area contributed by atoms with E-state index in [4.69, 9.17) is 21.2 Å². The van der Waals surface area contributed by atoms with Gasteiger partial charge in [-0.15, -0.1) is 6.42 Å². The van der Waals surface area contributed by atoms with Crippen LogP contribution in [-0.4, -0.2) is 13.7 Å². The van der Waals surface area contributed by atoms with E-state index in [2.05, 4.69) is 21.9 Å². The molecule has 0 fully saturated rings. The quantitative estimate of drug-likeness (QED) is 0.633. The molecule has 0 radical (unpaired) electrons. The Kier molecular flexibility index (Phi) is 5.13. The summed E-state index contributed by atoms with van der Waals surface area (Å²) in [4.78, 5) is 0. The van der Waals surface area contributed by atoms with E-state index in [1.54, 1.807) is 19.3 Å². The van der Waals surface area contributed by atoms with Gasteiger partial charge in [-0.2, -0.15) is 5.26 Å². The maximum Gasteiger partial charge on any atom is 0.176 e. The summed E-state index contributed by atoms with van der Waals surface area (Å²) in [5.41, 5.74) is 0.836. The maximum absolute atomic E-state index is 8.47. The van der Waals surface area contributed by atoms with Gasteiger partial charge in [0, 0.05) is 6.08 Å². The largest absolute Gasteiger partial charge is 0.493 e. The van der Waals surface area contributed by atoms with Crippen molar-refractivity contribution in [1.29, 1.82) is 5.26 Å². The van der Waals surface area contributed by atoms with Gasteiger partial charge in [0.15, 0.2) is 11.5 Å². The van der Waals surface area contributed by atoms with Gasteiger partial charge in [-0.05, 0) is 39.7 Å².